The summed E-state index contributed by atoms with van der Waals surface area (Å²) in [4.78, 5) is 52.4. The number of para-hydroxylation sites is 1. The smallest absolute Gasteiger partial charge is 0.408 e. The Kier molecular flexibility index (Phi) is 10.5. The number of amides is 4. The second-order valence-corrected chi connectivity index (χ2v) is 9.93. The van der Waals surface area contributed by atoms with Crippen molar-refractivity contribution in [2.75, 3.05) is 13.2 Å². The maximum absolute atomic E-state index is 13.7. The molecule has 1 fully saturated rings. The molecule has 4 amide bonds. The van der Waals surface area contributed by atoms with Gasteiger partial charge in [0.15, 0.2) is 0 Å². The van der Waals surface area contributed by atoms with Gasteiger partial charge in [0.25, 0.3) is 0 Å². The number of primary amides is 1. The van der Waals surface area contributed by atoms with E-state index in [1.165, 1.54) is 12.1 Å². The molecule has 0 aromatic heterocycles. The molecule has 0 spiro atoms. The molecule has 1 saturated carbocycles. The van der Waals surface area contributed by atoms with E-state index in [1.54, 1.807) is 32.9 Å². The Morgan fingerprint density at radius 3 is 2.33 bits per heavy atom. The number of aliphatic hydroxyl groups is 1. The highest BCUT2D eigenvalue weighted by molar-refractivity contribution is 5.94. The van der Waals surface area contributed by atoms with Gasteiger partial charge in [-0.3, -0.25) is 14.4 Å². The molecule has 1 aromatic carbocycles. The van der Waals surface area contributed by atoms with Crippen molar-refractivity contribution in [1.82, 2.24) is 15.5 Å². The molecule has 11 nitrogen and oxygen atoms in total. The van der Waals surface area contributed by atoms with Gasteiger partial charge < -0.3 is 36.2 Å². The van der Waals surface area contributed by atoms with Crippen LogP contribution in [0.25, 0.3) is 0 Å². The van der Waals surface area contributed by atoms with Crippen molar-refractivity contribution < 1.29 is 34.1 Å². The maximum Gasteiger partial charge on any atom is 0.408 e. The fraction of sp³-hybridized carbons (Fsp3) is 0.600. The number of nitrogens with zero attached hydrogens (tertiary/aromatic N) is 1. The third-order valence-electron chi connectivity index (χ3n) is 5.76. The third-order valence-corrected chi connectivity index (χ3v) is 5.76. The summed E-state index contributed by atoms with van der Waals surface area (Å²) in [7, 11) is 0. The van der Waals surface area contributed by atoms with Crippen LogP contribution < -0.4 is 16.4 Å². The van der Waals surface area contributed by atoms with Crippen LogP contribution in [-0.2, 0) is 19.1 Å². The molecule has 2 atom stereocenters. The Bertz CT molecular complexity index is 925. The summed E-state index contributed by atoms with van der Waals surface area (Å²) in [5.41, 5.74) is 4.61. The molecule has 2 unspecified atom stereocenters. The topological polar surface area (TPSA) is 171 Å². The molecule has 0 radical (unpaired) electrons. The van der Waals surface area contributed by atoms with Crippen molar-refractivity contribution in [3.8, 4) is 5.75 Å². The molecule has 6 N–H and O–H groups in total. The predicted molar refractivity (Wildman–Crippen MR) is 132 cm³/mol. The van der Waals surface area contributed by atoms with Crippen LogP contribution in [0.2, 0.25) is 0 Å². The van der Waals surface area contributed by atoms with E-state index in [4.69, 9.17) is 10.5 Å². The van der Waals surface area contributed by atoms with Gasteiger partial charge in [-0.15, -0.1) is 0 Å². The lowest BCUT2D eigenvalue weighted by Crippen LogP contribution is -2.55. The predicted octanol–water partition coefficient (Wildman–Crippen LogP) is 1.47. The third kappa shape index (κ3) is 8.71. The number of phenolic OH excluding ortho intramolecular Hbond substituents is 1. The Morgan fingerprint density at radius 2 is 1.78 bits per heavy atom. The minimum absolute atomic E-state index is 0.0908. The van der Waals surface area contributed by atoms with Gasteiger partial charge in [-0.25, -0.2) is 4.79 Å². The van der Waals surface area contributed by atoms with E-state index >= 15 is 0 Å². The first-order valence-corrected chi connectivity index (χ1v) is 12.2. The zero-order chi connectivity index (χ0) is 26.9. The molecule has 11 heteroatoms. The lowest BCUT2D eigenvalue weighted by Gasteiger charge is -2.35. The first-order valence-electron chi connectivity index (χ1n) is 12.2. The van der Waals surface area contributed by atoms with E-state index in [1.807, 2.05) is 0 Å². The second kappa shape index (κ2) is 13.1. The van der Waals surface area contributed by atoms with Crippen LogP contribution in [0.1, 0.15) is 70.9 Å². The van der Waals surface area contributed by atoms with Crippen molar-refractivity contribution in [3.63, 3.8) is 0 Å². The number of nitrogens with one attached hydrogen (secondary N) is 2. The van der Waals surface area contributed by atoms with Gasteiger partial charge in [0.05, 0.1) is 13.0 Å². The number of ether oxygens (including phenoxy) is 1. The van der Waals surface area contributed by atoms with Crippen LogP contribution in [0.3, 0.4) is 0 Å². The first-order chi connectivity index (χ1) is 16.9. The van der Waals surface area contributed by atoms with Crippen LogP contribution in [0, 0.1) is 0 Å². The number of alkyl carbamates (subject to hydrolysis) is 1. The number of hydrogen-bond donors (Lipinski definition) is 5. The number of carbonyl (C=O) groups excluding carboxylic acids is 4. The summed E-state index contributed by atoms with van der Waals surface area (Å²) in [6, 6.07) is 3.19. The van der Waals surface area contributed by atoms with Gasteiger partial charge in [-0.05, 0) is 39.7 Å². The maximum atomic E-state index is 13.7. The SMILES string of the molecule is CC(C)(C)OC(=O)NC(CC(N)=O)C(=O)N(CCO)C(C(=O)NC1CCCCC1)c1ccccc1O. The van der Waals surface area contributed by atoms with Gasteiger partial charge in [0.1, 0.15) is 23.4 Å². The molecule has 0 aliphatic heterocycles. The summed E-state index contributed by atoms with van der Waals surface area (Å²) in [5, 5.41) is 25.6. The molecule has 0 heterocycles. The molecule has 1 aliphatic carbocycles. The molecular weight excluding hydrogens is 468 g/mol. The average Bonchev–Trinajstić information content (AvgIpc) is 2.78. The minimum atomic E-state index is -1.46. The van der Waals surface area contributed by atoms with Crippen LogP contribution >= 0.6 is 0 Å². The van der Waals surface area contributed by atoms with Crippen LogP contribution in [-0.4, -0.2) is 69.8 Å². The van der Waals surface area contributed by atoms with Crippen molar-refractivity contribution in [1.29, 1.82) is 0 Å². The highest BCUT2D eigenvalue weighted by Crippen LogP contribution is 2.30. The number of aliphatic hydroxyl groups excluding tert-OH is 1. The summed E-state index contributed by atoms with van der Waals surface area (Å²) in [5.74, 6) is -2.45. The molecule has 36 heavy (non-hydrogen) atoms. The number of carbonyl (C=O) groups is 4. The summed E-state index contributed by atoms with van der Waals surface area (Å²) in [6.07, 6.45) is 3.08. The summed E-state index contributed by atoms with van der Waals surface area (Å²) >= 11 is 0. The van der Waals surface area contributed by atoms with Gasteiger partial charge in [-0.2, -0.15) is 0 Å². The summed E-state index contributed by atoms with van der Waals surface area (Å²) in [6.45, 7) is 4.10. The van der Waals surface area contributed by atoms with Gasteiger partial charge in [0.2, 0.25) is 17.7 Å². The van der Waals surface area contributed by atoms with Crippen LogP contribution in [0.4, 0.5) is 4.79 Å². The number of rotatable bonds is 10. The normalized spacial score (nSPS) is 15.9. The van der Waals surface area contributed by atoms with E-state index in [9.17, 15) is 29.4 Å². The van der Waals surface area contributed by atoms with Crippen LogP contribution in [0.5, 0.6) is 5.75 Å². The van der Waals surface area contributed by atoms with Crippen molar-refractivity contribution in [2.45, 2.75) is 83.0 Å². The number of hydrogen-bond acceptors (Lipinski definition) is 7. The monoisotopic (exact) mass is 506 g/mol. The standard InChI is InChI=1S/C25H38N4O7/c1-25(2,3)36-24(35)28-18(15-20(26)32)23(34)29(13-14-30)21(17-11-7-8-12-19(17)31)22(33)27-16-9-5-4-6-10-16/h7-8,11-12,16,18,21,30-31H,4-6,9-10,13-15H2,1-3H3,(H2,26,32)(H,27,33)(H,28,35). The average molecular weight is 507 g/mol. The van der Waals surface area contributed by atoms with E-state index in [-0.39, 0.29) is 23.9 Å². The van der Waals surface area contributed by atoms with Gasteiger partial charge in [0, 0.05) is 18.2 Å². The molecule has 200 valence electrons. The molecular formula is C25H38N4O7. The Morgan fingerprint density at radius 1 is 1.14 bits per heavy atom. The van der Waals surface area contributed by atoms with E-state index in [0.29, 0.717) is 0 Å². The van der Waals surface area contributed by atoms with Crippen molar-refractivity contribution >= 4 is 23.8 Å². The number of nitrogens with two attached hydrogens (primary N) is 1. The van der Waals surface area contributed by atoms with Gasteiger partial charge >= 0.3 is 6.09 Å². The number of benzene rings is 1. The molecule has 0 saturated heterocycles. The fourth-order valence-corrected chi connectivity index (χ4v) is 4.22. The fourth-order valence-electron chi connectivity index (χ4n) is 4.22. The van der Waals surface area contributed by atoms with E-state index in [2.05, 4.69) is 10.6 Å². The second-order valence-electron chi connectivity index (χ2n) is 9.93. The molecule has 1 aromatic rings. The lowest BCUT2D eigenvalue weighted by molar-refractivity contribution is -0.144. The number of aromatic hydroxyl groups is 1. The van der Waals surface area contributed by atoms with Crippen molar-refractivity contribution in [2.24, 2.45) is 5.73 Å². The first kappa shape index (κ1) is 28.9. The highest BCUT2D eigenvalue weighted by atomic mass is 16.6. The van der Waals surface area contributed by atoms with E-state index in [0.717, 1.165) is 37.0 Å². The minimum Gasteiger partial charge on any atom is -0.508 e. The molecule has 1 aliphatic rings. The molecule has 2 rings (SSSR count). The Labute approximate surface area is 211 Å². The molecule has 0 bridgehead atoms. The van der Waals surface area contributed by atoms with Crippen LogP contribution in [0.15, 0.2) is 24.3 Å². The zero-order valence-corrected chi connectivity index (χ0v) is 21.2. The Balaban J connectivity index is 2.43. The lowest BCUT2D eigenvalue weighted by atomic mass is 9.94. The quantitative estimate of drug-likeness (QED) is 0.320. The summed E-state index contributed by atoms with van der Waals surface area (Å²) < 4.78 is 5.21. The largest absolute Gasteiger partial charge is 0.508 e. The number of phenols is 1. The Hall–Kier alpha value is -3.34. The zero-order valence-electron chi connectivity index (χ0n) is 21.2. The highest BCUT2D eigenvalue weighted by Gasteiger charge is 2.38. The van der Waals surface area contributed by atoms with Gasteiger partial charge in [-0.1, -0.05) is 37.5 Å². The van der Waals surface area contributed by atoms with Crippen molar-refractivity contribution in [3.05, 3.63) is 29.8 Å². The van der Waals surface area contributed by atoms with E-state index < -0.39 is 54.5 Å².